The second-order valence-corrected chi connectivity index (χ2v) is 4.92. The van der Waals surface area contributed by atoms with E-state index >= 15 is 0 Å². The van der Waals surface area contributed by atoms with Crippen LogP contribution in [0.4, 0.5) is 22.0 Å². The monoisotopic (exact) mass is 362 g/mol. The van der Waals surface area contributed by atoms with Crippen LogP contribution in [0.1, 0.15) is 25.0 Å². The van der Waals surface area contributed by atoms with Crippen molar-refractivity contribution in [2.45, 2.75) is 31.5 Å². The summed E-state index contributed by atoms with van der Waals surface area (Å²) in [6.07, 6.45) is -8.08. The summed E-state index contributed by atoms with van der Waals surface area (Å²) in [4.78, 5) is 0. The minimum Gasteiger partial charge on any atom is -0.492 e. The Hall–Kier alpha value is -0.890. The van der Waals surface area contributed by atoms with Crippen LogP contribution in [0.3, 0.4) is 0 Å². The van der Waals surface area contributed by atoms with E-state index < -0.39 is 23.8 Å². The molecule has 0 aliphatic carbocycles. The zero-order valence-electron chi connectivity index (χ0n) is 10.3. The summed E-state index contributed by atoms with van der Waals surface area (Å²) in [6.45, 7) is 2.23. The summed E-state index contributed by atoms with van der Waals surface area (Å²) in [5, 5.41) is 9.24. The molecule has 20 heavy (non-hydrogen) atoms. The van der Waals surface area contributed by atoms with Crippen LogP contribution >= 0.6 is 15.9 Å². The Labute approximate surface area is 120 Å². The van der Waals surface area contributed by atoms with Crippen LogP contribution in [-0.4, -0.2) is 23.8 Å². The highest BCUT2D eigenvalue weighted by Gasteiger charge is 2.62. The molecule has 0 bridgehead atoms. The lowest BCUT2D eigenvalue weighted by molar-refractivity contribution is -0.315. The molecule has 1 unspecified atom stereocenters. The van der Waals surface area contributed by atoms with Crippen LogP contribution in [-0.2, 0) is 0 Å². The van der Waals surface area contributed by atoms with Crippen molar-refractivity contribution in [2.24, 2.45) is 0 Å². The van der Waals surface area contributed by atoms with Gasteiger partial charge in [0.05, 0.1) is 11.1 Å². The fourth-order valence-electron chi connectivity index (χ4n) is 1.38. The molecule has 0 radical (unpaired) electrons. The molecule has 0 heterocycles. The lowest BCUT2D eigenvalue weighted by Crippen LogP contribution is -2.42. The SMILES string of the molecule is CCCOc1ccc(C(O)C(F)(F)C(F)(F)F)cc1Br. The number of halogens is 6. The number of hydrogen-bond acceptors (Lipinski definition) is 2. The summed E-state index contributed by atoms with van der Waals surface area (Å²) in [7, 11) is 0. The van der Waals surface area contributed by atoms with E-state index in [9.17, 15) is 27.1 Å². The maximum atomic E-state index is 13.0. The van der Waals surface area contributed by atoms with Gasteiger partial charge in [-0.15, -0.1) is 0 Å². The maximum absolute atomic E-state index is 13.0. The van der Waals surface area contributed by atoms with Crippen molar-refractivity contribution >= 4 is 15.9 Å². The predicted molar refractivity (Wildman–Crippen MR) is 65.9 cm³/mol. The summed E-state index contributed by atoms with van der Waals surface area (Å²) >= 11 is 3.00. The van der Waals surface area contributed by atoms with Crippen LogP contribution < -0.4 is 4.74 Å². The topological polar surface area (TPSA) is 29.5 Å². The standard InChI is InChI=1S/C12H12BrF5O2/c1-2-5-20-9-4-3-7(6-8(9)13)10(19)11(14,15)12(16,17)18/h3-4,6,10,19H,2,5H2,1H3. The van der Waals surface area contributed by atoms with E-state index in [0.717, 1.165) is 12.1 Å². The molecule has 1 aromatic carbocycles. The van der Waals surface area contributed by atoms with Crippen LogP contribution in [0.2, 0.25) is 0 Å². The number of hydrogen-bond donors (Lipinski definition) is 1. The van der Waals surface area contributed by atoms with Gasteiger partial charge in [0, 0.05) is 0 Å². The van der Waals surface area contributed by atoms with Crippen molar-refractivity contribution in [3.63, 3.8) is 0 Å². The lowest BCUT2D eigenvalue weighted by Gasteiger charge is -2.25. The average Bonchev–Trinajstić information content (AvgIpc) is 2.35. The van der Waals surface area contributed by atoms with Crippen LogP contribution in [0, 0.1) is 0 Å². The first-order chi connectivity index (χ1) is 9.11. The third kappa shape index (κ3) is 3.60. The summed E-state index contributed by atoms with van der Waals surface area (Å²) in [5.41, 5.74) is -0.553. The molecule has 0 spiro atoms. The molecule has 114 valence electrons. The van der Waals surface area contributed by atoms with E-state index in [1.807, 2.05) is 6.92 Å². The lowest BCUT2D eigenvalue weighted by atomic mass is 10.0. The first kappa shape index (κ1) is 17.2. The van der Waals surface area contributed by atoms with Gasteiger partial charge in [-0.25, -0.2) is 0 Å². The minimum atomic E-state index is -5.82. The molecule has 0 aliphatic heterocycles. The van der Waals surface area contributed by atoms with Gasteiger partial charge < -0.3 is 9.84 Å². The highest BCUT2D eigenvalue weighted by Crippen LogP contribution is 2.45. The summed E-state index contributed by atoms with van der Waals surface area (Å²) in [5.74, 6) is -4.92. The van der Waals surface area contributed by atoms with E-state index in [1.54, 1.807) is 0 Å². The van der Waals surface area contributed by atoms with E-state index in [-0.39, 0.29) is 4.47 Å². The molecule has 1 rings (SSSR count). The van der Waals surface area contributed by atoms with Gasteiger partial charge in [-0.2, -0.15) is 22.0 Å². The van der Waals surface area contributed by atoms with Crippen molar-refractivity contribution < 1.29 is 31.8 Å². The number of rotatable bonds is 5. The molecule has 0 aromatic heterocycles. The maximum Gasteiger partial charge on any atom is 0.456 e. The van der Waals surface area contributed by atoms with Gasteiger partial charge in [-0.3, -0.25) is 0 Å². The minimum absolute atomic E-state index is 0.195. The molecule has 2 nitrogen and oxygen atoms in total. The number of aliphatic hydroxyl groups is 1. The van der Waals surface area contributed by atoms with Crippen molar-refractivity contribution in [3.05, 3.63) is 28.2 Å². The third-order valence-electron chi connectivity index (χ3n) is 2.45. The van der Waals surface area contributed by atoms with Gasteiger partial charge in [0.15, 0.2) is 6.10 Å². The zero-order valence-corrected chi connectivity index (χ0v) is 11.9. The number of ether oxygens (including phenoxy) is 1. The average molecular weight is 363 g/mol. The molecule has 0 fully saturated rings. The van der Waals surface area contributed by atoms with Gasteiger partial charge in [-0.1, -0.05) is 13.0 Å². The molecule has 8 heteroatoms. The summed E-state index contributed by atoms with van der Waals surface area (Å²) < 4.78 is 68.0. The number of alkyl halides is 5. The highest BCUT2D eigenvalue weighted by atomic mass is 79.9. The van der Waals surface area contributed by atoms with Crippen molar-refractivity contribution in [2.75, 3.05) is 6.61 Å². The Morgan fingerprint density at radius 1 is 1.25 bits per heavy atom. The van der Waals surface area contributed by atoms with Gasteiger partial charge in [0.2, 0.25) is 0 Å². The van der Waals surface area contributed by atoms with Crippen LogP contribution in [0.15, 0.2) is 22.7 Å². The van der Waals surface area contributed by atoms with Gasteiger partial charge in [0.25, 0.3) is 0 Å². The second kappa shape index (κ2) is 6.26. The molecule has 0 saturated carbocycles. The van der Waals surface area contributed by atoms with Crippen molar-refractivity contribution in [1.82, 2.24) is 0 Å². The Morgan fingerprint density at radius 3 is 2.30 bits per heavy atom. The number of aliphatic hydroxyl groups excluding tert-OH is 1. The van der Waals surface area contributed by atoms with Gasteiger partial charge in [-0.05, 0) is 40.0 Å². The van der Waals surface area contributed by atoms with Gasteiger partial charge >= 0.3 is 12.1 Å². The first-order valence-corrected chi connectivity index (χ1v) is 6.45. The molecule has 0 aliphatic rings. The quantitative estimate of drug-likeness (QED) is 0.783. The van der Waals surface area contributed by atoms with Crippen LogP contribution in [0.5, 0.6) is 5.75 Å². The third-order valence-corrected chi connectivity index (χ3v) is 3.07. The van der Waals surface area contributed by atoms with E-state index in [4.69, 9.17) is 4.74 Å². The molecule has 1 atom stereocenters. The predicted octanol–water partition coefficient (Wildman–Crippen LogP) is 4.47. The fourth-order valence-corrected chi connectivity index (χ4v) is 1.89. The molecular weight excluding hydrogens is 351 g/mol. The molecule has 0 saturated heterocycles. The van der Waals surface area contributed by atoms with E-state index in [0.29, 0.717) is 18.8 Å². The van der Waals surface area contributed by atoms with Crippen molar-refractivity contribution in [1.29, 1.82) is 0 Å². The van der Waals surface area contributed by atoms with Crippen LogP contribution in [0.25, 0.3) is 0 Å². The molecule has 1 aromatic rings. The normalized spacial score (nSPS) is 14.2. The first-order valence-electron chi connectivity index (χ1n) is 5.66. The van der Waals surface area contributed by atoms with Gasteiger partial charge in [0.1, 0.15) is 5.75 Å². The highest BCUT2D eigenvalue weighted by molar-refractivity contribution is 9.10. The van der Waals surface area contributed by atoms with E-state index in [2.05, 4.69) is 15.9 Å². The van der Waals surface area contributed by atoms with Crippen molar-refractivity contribution in [3.8, 4) is 5.75 Å². The Kier molecular flexibility index (Phi) is 5.37. The largest absolute Gasteiger partial charge is 0.492 e. The molecule has 0 amide bonds. The Balaban J connectivity index is 3.01. The molecular formula is C12H12BrF5O2. The smallest absolute Gasteiger partial charge is 0.456 e. The fraction of sp³-hybridized carbons (Fsp3) is 0.500. The second-order valence-electron chi connectivity index (χ2n) is 4.06. The Bertz CT molecular complexity index is 462. The zero-order chi connectivity index (χ0) is 15.6. The molecule has 1 N–H and O–H groups in total. The Morgan fingerprint density at radius 2 is 1.85 bits per heavy atom. The number of benzene rings is 1. The summed E-state index contributed by atoms with van der Waals surface area (Å²) in [6, 6.07) is 3.18. The van der Waals surface area contributed by atoms with E-state index in [1.165, 1.54) is 6.07 Å².